The Morgan fingerprint density at radius 1 is 0.897 bits per heavy atom. The van der Waals surface area contributed by atoms with Crippen LogP contribution < -0.4 is 11.5 Å². The standard InChI is InChI=1S/C37H38N2/c1-3-9-29(24-38)26-15-17-28(18-16-26)35-31-10-4-6-12-33(31)36(34-13-7-5-11-32(34)35)37-21-8-14-30(25(2)39)27(19-22-37)20-23-37/h3-19,22,24-25,27,30H,20-21,23,38-39H2,1-2H3/b9-3-,14-8-,29-24+/t25?,27?,30?,37-/m0/s1. The van der Waals surface area contributed by atoms with E-state index in [1.165, 1.54) is 44.7 Å². The van der Waals surface area contributed by atoms with Crippen LogP contribution in [0.15, 0.2) is 115 Å². The summed E-state index contributed by atoms with van der Waals surface area (Å²) in [6.45, 7) is 4.16. The van der Waals surface area contributed by atoms with Crippen molar-refractivity contribution in [3.8, 4) is 11.1 Å². The third-order valence-electron chi connectivity index (χ3n) is 8.99. The maximum Gasteiger partial charge on any atom is 0.0179 e. The monoisotopic (exact) mass is 510 g/mol. The fraction of sp³-hybridized carbons (Fsp3) is 0.243. The van der Waals surface area contributed by atoms with Crippen LogP contribution in [0.25, 0.3) is 38.2 Å². The van der Waals surface area contributed by atoms with Crippen LogP contribution in [0.3, 0.4) is 0 Å². The lowest BCUT2D eigenvalue weighted by atomic mass is 9.63. The molecule has 0 spiro atoms. The minimum atomic E-state index is -0.0231. The smallest absolute Gasteiger partial charge is 0.0179 e. The molecule has 4 atom stereocenters. The van der Waals surface area contributed by atoms with Crippen molar-refractivity contribution in [1.29, 1.82) is 0 Å². The SMILES string of the molecule is C/C=C\C(=C/N)c1ccc(-c2c3ccccc3c([C@@]34C=CC(CC3)C(C(C)N)/C=C\C4)c3ccccc23)cc1. The van der Waals surface area contributed by atoms with Gasteiger partial charge in [-0.05, 0) is 94.3 Å². The van der Waals surface area contributed by atoms with Gasteiger partial charge in [-0.15, -0.1) is 0 Å². The molecule has 4 aromatic rings. The molecule has 2 nitrogen and oxygen atoms in total. The van der Waals surface area contributed by atoms with Gasteiger partial charge in [0.25, 0.3) is 0 Å². The van der Waals surface area contributed by atoms with E-state index >= 15 is 0 Å². The first-order valence-electron chi connectivity index (χ1n) is 14.3. The highest BCUT2D eigenvalue weighted by Gasteiger charge is 2.38. The topological polar surface area (TPSA) is 52.0 Å². The minimum absolute atomic E-state index is 0.0231. The van der Waals surface area contributed by atoms with Crippen LogP contribution in [0.4, 0.5) is 0 Å². The van der Waals surface area contributed by atoms with E-state index < -0.39 is 0 Å². The van der Waals surface area contributed by atoms with Crippen molar-refractivity contribution >= 4 is 27.1 Å². The van der Waals surface area contributed by atoms with Gasteiger partial charge in [0.05, 0.1) is 0 Å². The molecule has 0 saturated carbocycles. The lowest BCUT2D eigenvalue weighted by Crippen LogP contribution is -2.37. The van der Waals surface area contributed by atoms with Crippen molar-refractivity contribution in [2.24, 2.45) is 23.3 Å². The quantitative estimate of drug-likeness (QED) is 0.160. The molecule has 2 bridgehead atoms. The van der Waals surface area contributed by atoms with Crippen LogP contribution in [0, 0.1) is 11.8 Å². The first-order valence-corrected chi connectivity index (χ1v) is 14.3. The van der Waals surface area contributed by atoms with Gasteiger partial charge in [-0.2, -0.15) is 0 Å². The molecule has 4 aromatic carbocycles. The van der Waals surface area contributed by atoms with E-state index in [2.05, 4.69) is 110 Å². The van der Waals surface area contributed by atoms with Crippen LogP contribution in [0.5, 0.6) is 0 Å². The Hall–Kier alpha value is -3.88. The molecule has 0 saturated heterocycles. The molecule has 4 N–H and O–H groups in total. The summed E-state index contributed by atoms with van der Waals surface area (Å²) in [6, 6.07) is 27.0. The molecular formula is C37H38N2. The Morgan fingerprint density at radius 2 is 1.54 bits per heavy atom. The number of nitrogens with two attached hydrogens (primary N) is 2. The number of allylic oxidation sites excluding steroid dienone is 6. The van der Waals surface area contributed by atoms with Crippen molar-refractivity contribution in [2.75, 3.05) is 0 Å². The summed E-state index contributed by atoms with van der Waals surface area (Å²) in [5, 5.41) is 5.33. The van der Waals surface area contributed by atoms with E-state index in [0.717, 1.165) is 24.0 Å². The largest absolute Gasteiger partial charge is 0.404 e. The second-order valence-corrected chi connectivity index (χ2v) is 11.3. The van der Waals surface area contributed by atoms with Crippen molar-refractivity contribution in [3.05, 3.63) is 127 Å². The van der Waals surface area contributed by atoms with Gasteiger partial charge in [-0.1, -0.05) is 109 Å². The van der Waals surface area contributed by atoms with Gasteiger partial charge in [0.2, 0.25) is 0 Å². The van der Waals surface area contributed by atoms with Crippen molar-refractivity contribution < 1.29 is 0 Å². The second-order valence-electron chi connectivity index (χ2n) is 11.3. The lowest BCUT2D eigenvalue weighted by molar-refractivity contribution is 0.316. The van der Waals surface area contributed by atoms with Crippen molar-refractivity contribution in [2.45, 2.75) is 44.6 Å². The van der Waals surface area contributed by atoms with E-state index in [1.807, 2.05) is 13.0 Å². The van der Waals surface area contributed by atoms with E-state index in [-0.39, 0.29) is 11.5 Å². The van der Waals surface area contributed by atoms with E-state index in [1.54, 1.807) is 6.20 Å². The Labute approximate surface area is 232 Å². The maximum atomic E-state index is 6.39. The van der Waals surface area contributed by atoms with Crippen LogP contribution in [0.1, 0.15) is 44.2 Å². The third-order valence-corrected chi connectivity index (χ3v) is 8.99. The normalized spacial score (nSPS) is 24.7. The van der Waals surface area contributed by atoms with Crippen LogP contribution in [-0.4, -0.2) is 6.04 Å². The van der Waals surface area contributed by atoms with Gasteiger partial charge >= 0.3 is 0 Å². The lowest BCUT2D eigenvalue weighted by Gasteiger charge is -2.41. The molecule has 0 radical (unpaired) electrons. The molecule has 196 valence electrons. The minimum Gasteiger partial charge on any atom is -0.404 e. The highest BCUT2D eigenvalue weighted by Crippen LogP contribution is 2.51. The molecule has 0 aromatic heterocycles. The Morgan fingerprint density at radius 3 is 2.08 bits per heavy atom. The molecule has 3 unspecified atom stereocenters. The summed E-state index contributed by atoms with van der Waals surface area (Å²) in [6.07, 6.45) is 18.9. The number of hydrogen-bond donors (Lipinski definition) is 2. The number of rotatable bonds is 5. The van der Waals surface area contributed by atoms with E-state index in [4.69, 9.17) is 11.5 Å². The Balaban J connectivity index is 1.58. The molecule has 0 fully saturated rings. The summed E-state index contributed by atoms with van der Waals surface area (Å²) in [5.41, 5.74) is 18.4. The van der Waals surface area contributed by atoms with Gasteiger partial charge in [-0.3, -0.25) is 0 Å². The summed E-state index contributed by atoms with van der Waals surface area (Å²) >= 11 is 0. The Kier molecular flexibility index (Phi) is 6.74. The summed E-state index contributed by atoms with van der Waals surface area (Å²) in [4.78, 5) is 0. The predicted octanol–water partition coefficient (Wildman–Crippen LogP) is 8.66. The van der Waals surface area contributed by atoms with Crippen LogP contribution >= 0.6 is 0 Å². The van der Waals surface area contributed by atoms with Crippen LogP contribution in [-0.2, 0) is 5.41 Å². The molecule has 0 amide bonds. The third kappa shape index (κ3) is 4.33. The second kappa shape index (κ2) is 10.4. The fourth-order valence-electron chi connectivity index (χ4n) is 7.09. The zero-order valence-electron chi connectivity index (χ0n) is 23.0. The zero-order chi connectivity index (χ0) is 27.0. The Bertz CT molecular complexity index is 1580. The zero-order valence-corrected chi connectivity index (χ0v) is 23.0. The van der Waals surface area contributed by atoms with Crippen molar-refractivity contribution in [3.63, 3.8) is 0 Å². The first kappa shape index (κ1) is 25.4. The predicted molar refractivity (Wildman–Crippen MR) is 168 cm³/mol. The molecular weight excluding hydrogens is 472 g/mol. The maximum absolute atomic E-state index is 6.39. The molecule has 2 heteroatoms. The van der Waals surface area contributed by atoms with E-state index in [0.29, 0.717) is 11.8 Å². The van der Waals surface area contributed by atoms with Gasteiger partial charge in [-0.25, -0.2) is 0 Å². The molecule has 3 aliphatic carbocycles. The number of hydrogen-bond acceptors (Lipinski definition) is 2. The van der Waals surface area contributed by atoms with Gasteiger partial charge in [0.1, 0.15) is 0 Å². The highest BCUT2D eigenvalue weighted by molar-refractivity contribution is 6.15. The molecule has 3 aliphatic rings. The van der Waals surface area contributed by atoms with Crippen LogP contribution in [0.2, 0.25) is 0 Å². The number of fused-ring (bicyclic) bond motifs is 5. The summed E-state index contributed by atoms with van der Waals surface area (Å²) in [7, 11) is 0. The van der Waals surface area contributed by atoms with Gasteiger partial charge in [0, 0.05) is 17.7 Å². The van der Waals surface area contributed by atoms with E-state index in [9.17, 15) is 0 Å². The molecule has 7 rings (SSSR count). The van der Waals surface area contributed by atoms with Gasteiger partial charge in [0.15, 0.2) is 0 Å². The molecule has 0 heterocycles. The number of benzene rings is 4. The van der Waals surface area contributed by atoms with Crippen molar-refractivity contribution in [1.82, 2.24) is 0 Å². The highest BCUT2D eigenvalue weighted by atomic mass is 14.6. The average molecular weight is 511 g/mol. The first-order chi connectivity index (χ1) is 19.1. The molecule has 0 aliphatic heterocycles. The summed E-state index contributed by atoms with van der Waals surface area (Å²) < 4.78 is 0. The fourth-order valence-corrected chi connectivity index (χ4v) is 7.09. The average Bonchev–Trinajstić information content (AvgIpc) is 2.95. The van der Waals surface area contributed by atoms with Gasteiger partial charge < -0.3 is 11.5 Å². The summed E-state index contributed by atoms with van der Waals surface area (Å²) in [5.74, 6) is 0.931. The molecule has 39 heavy (non-hydrogen) atoms.